The van der Waals surface area contributed by atoms with E-state index in [0.717, 1.165) is 6.54 Å². The second-order valence-electron chi connectivity index (χ2n) is 4.14. The molecule has 0 saturated carbocycles. The first-order chi connectivity index (χ1) is 5.91. The van der Waals surface area contributed by atoms with Gasteiger partial charge in [-0.3, -0.25) is 4.90 Å². The molecular weight excluding hydrogens is 177 g/mol. The fourth-order valence-corrected chi connectivity index (χ4v) is 3.39. The molecule has 0 aromatic heterocycles. The van der Waals surface area contributed by atoms with Gasteiger partial charge in [-0.05, 0) is 32.8 Å². The van der Waals surface area contributed by atoms with E-state index in [-0.39, 0.29) is 7.92 Å². The zero-order chi connectivity index (χ0) is 10.6. The maximum absolute atomic E-state index is 4.22. The summed E-state index contributed by atoms with van der Waals surface area (Å²) in [4.78, 5) is 2.41. The first kappa shape index (κ1) is 13.1. The molecule has 0 rings (SSSR count). The maximum atomic E-state index is 4.22. The van der Waals surface area contributed by atoms with E-state index in [0.29, 0.717) is 11.7 Å². The molecule has 0 aromatic carbocycles. The Bertz CT molecular complexity index is 163. The van der Waals surface area contributed by atoms with Crippen molar-refractivity contribution in [3.8, 4) is 0 Å². The van der Waals surface area contributed by atoms with E-state index in [4.69, 9.17) is 0 Å². The summed E-state index contributed by atoms with van der Waals surface area (Å²) in [5.41, 5.74) is 1.39. The van der Waals surface area contributed by atoms with Crippen molar-refractivity contribution in [1.82, 2.24) is 4.90 Å². The molecule has 2 heteroatoms. The van der Waals surface area contributed by atoms with Gasteiger partial charge in [-0.2, -0.15) is 0 Å². The first-order valence-electron chi connectivity index (χ1n) is 4.97. The van der Waals surface area contributed by atoms with Crippen LogP contribution in [0.15, 0.2) is 12.2 Å². The Labute approximate surface area is 85.0 Å². The highest BCUT2D eigenvalue weighted by Gasteiger charge is 2.21. The molecule has 13 heavy (non-hydrogen) atoms. The molecule has 0 spiro atoms. The predicted octanol–water partition coefficient (Wildman–Crippen LogP) is 3.22. The number of rotatable bonds is 5. The van der Waals surface area contributed by atoms with Crippen LogP contribution in [-0.4, -0.2) is 37.6 Å². The van der Waals surface area contributed by atoms with Crippen LogP contribution in [0.4, 0.5) is 0 Å². The Hall–Kier alpha value is 0.130. The fraction of sp³-hybridized carbons (Fsp3) is 0.818. The topological polar surface area (TPSA) is 3.24 Å². The van der Waals surface area contributed by atoms with Gasteiger partial charge < -0.3 is 0 Å². The summed E-state index contributed by atoms with van der Waals surface area (Å²) in [5, 5.41) is 0. The predicted molar refractivity (Wildman–Crippen MR) is 64.8 cm³/mol. The Morgan fingerprint density at radius 2 is 1.85 bits per heavy atom. The van der Waals surface area contributed by atoms with Gasteiger partial charge in [-0.25, -0.2) is 0 Å². The van der Waals surface area contributed by atoms with Gasteiger partial charge in [0.25, 0.3) is 0 Å². The first-order valence-corrected chi connectivity index (χ1v) is 7.27. The largest absolute Gasteiger partial charge is 0.296 e. The highest BCUT2D eigenvalue weighted by atomic mass is 31.1. The molecule has 1 nitrogen and oxygen atoms in total. The third kappa shape index (κ3) is 3.79. The molecule has 0 radical (unpaired) electrons. The highest BCUT2D eigenvalue weighted by Crippen LogP contribution is 2.40. The lowest BCUT2D eigenvalue weighted by molar-refractivity contribution is 0.342. The molecular formula is C11H24NP. The molecule has 0 amide bonds. The normalized spacial score (nSPS) is 14.2. The highest BCUT2D eigenvalue weighted by molar-refractivity contribution is 7.56. The summed E-state index contributed by atoms with van der Waals surface area (Å²) < 4.78 is 0. The second kappa shape index (κ2) is 5.78. The SMILES string of the molecule is C=C(C(C)C)C(N(C)CC)P(C)C. The van der Waals surface area contributed by atoms with Crippen molar-refractivity contribution in [1.29, 1.82) is 0 Å². The van der Waals surface area contributed by atoms with Crippen LogP contribution in [0.1, 0.15) is 20.8 Å². The average molecular weight is 201 g/mol. The monoisotopic (exact) mass is 201 g/mol. The van der Waals surface area contributed by atoms with Crippen LogP contribution >= 0.6 is 7.92 Å². The zero-order valence-electron chi connectivity index (χ0n) is 9.96. The van der Waals surface area contributed by atoms with Crippen molar-refractivity contribution in [2.24, 2.45) is 5.92 Å². The van der Waals surface area contributed by atoms with Gasteiger partial charge in [0.1, 0.15) is 0 Å². The van der Waals surface area contributed by atoms with Crippen LogP contribution in [0, 0.1) is 5.92 Å². The van der Waals surface area contributed by atoms with Gasteiger partial charge in [-0.1, -0.05) is 40.8 Å². The van der Waals surface area contributed by atoms with Gasteiger partial charge in [0.15, 0.2) is 0 Å². The van der Waals surface area contributed by atoms with E-state index >= 15 is 0 Å². The molecule has 78 valence electrons. The molecule has 0 aliphatic heterocycles. The van der Waals surface area contributed by atoms with Gasteiger partial charge in [0.2, 0.25) is 0 Å². The van der Waals surface area contributed by atoms with Crippen molar-refractivity contribution in [2.75, 3.05) is 26.9 Å². The van der Waals surface area contributed by atoms with E-state index in [1.165, 1.54) is 5.57 Å². The Morgan fingerprint density at radius 1 is 1.38 bits per heavy atom. The standard InChI is InChI=1S/C11H24NP/c1-8-12(5)11(13(6)7)10(4)9(2)3/h9,11H,4,8H2,1-3,5-7H3. The summed E-state index contributed by atoms with van der Waals surface area (Å²) in [6.45, 7) is 16.7. The number of hydrogen-bond acceptors (Lipinski definition) is 1. The second-order valence-corrected chi connectivity index (χ2v) is 6.56. The Balaban J connectivity index is 4.51. The molecule has 1 unspecified atom stereocenters. The third-order valence-electron chi connectivity index (χ3n) is 2.48. The summed E-state index contributed by atoms with van der Waals surface area (Å²) in [7, 11) is 2.24. The van der Waals surface area contributed by atoms with E-state index in [2.05, 4.69) is 52.6 Å². The third-order valence-corrected chi connectivity index (χ3v) is 4.18. The molecule has 0 heterocycles. The van der Waals surface area contributed by atoms with Gasteiger partial charge in [0.05, 0.1) is 0 Å². The van der Waals surface area contributed by atoms with Crippen molar-refractivity contribution in [3.63, 3.8) is 0 Å². The van der Waals surface area contributed by atoms with Gasteiger partial charge >= 0.3 is 0 Å². The average Bonchev–Trinajstić information content (AvgIpc) is 2.03. The minimum atomic E-state index is 0.0454. The zero-order valence-corrected chi connectivity index (χ0v) is 10.9. The summed E-state index contributed by atoms with van der Waals surface area (Å²) in [6.07, 6.45) is 0. The molecule has 0 saturated heterocycles. The fourth-order valence-electron chi connectivity index (χ4n) is 1.48. The molecule has 0 aliphatic carbocycles. The van der Waals surface area contributed by atoms with Gasteiger partial charge in [0, 0.05) is 5.78 Å². The van der Waals surface area contributed by atoms with E-state index in [1.807, 2.05) is 0 Å². The number of likely N-dealkylation sites (N-methyl/N-ethyl adjacent to an activating group) is 1. The minimum Gasteiger partial charge on any atom is -0.296 e. The molecule has 1 atom stereocenters. The lowest BCUT2D eigenvalue weighted by atomic mass is 10.1. The van der Waals surface area contributed by atoms with Crippen LogP contribution < -0.4 is 0 Å². The summed E-state index contributed by atoms with van der Waals surface area (Å²) in [6, 6.07) is 0. The summed E-state index contributed by atoms with van der Waals surface area (Å²) in [5.74, 6) is 1.20. The van der Waals surface area contributed by atoms with Crippen LogP contribution in [0.5, 0.6) is 0 Å². The Kier molecular flexibility index (Phi) is 5.83. The minimum absolute atomic E-state index is 0.0454. The number of hydrogen-bond donors (Lipinski definition) is 0. The molecule has 0 fully saturated rings. The van der Waals surface area contributed by atoms with Gasteiger partial charge in [-0.15, -0.1) is 0 Å². The maximum Gasteiger partial charge on any atom is 0.0498 e. The quantitative estimate of drug-likeness (QED) is 0.487. The van der Waals surface area contributed by atoms with Crippen LogP contribution in [0.3, 0.4) is 0 Å². The molecule has 0 aromatic rings. The van der Waals surface area contributed by atoms with Crippen LogP contribution in [-0.2, 0) is 0 Å². The molecule has 0 N–H and O–H groups in total. The van der Waals surface area contributed by atoms with Crippen LogP contribution in [0.25, 0.3) is 0 Å². The van der Waals surface area contributed by atoms with Crippen molar-refractivity contribution in [3.05, 3.63) is 12.2 Å². The van der Waals surface area contributed by atoms with E-state index in [1.54, 1.807) is 0 Å². The molecule has 0 bridgehead atoms. The van der Waals surface area contributed by atoms with Crippen LogP contribution in [0.2, 0.25) is 0 Å². The van der Waals surface area contributed by atoms with Crippen molar-refractivity contribution >= 4 is 7.92 Å². The van der Waals surface area contributed by atoms with E-state index in [9.17, 15) is 0 Å². The Morgan fingerprint density at radius 3 is 2.08 bits per heavy atom. The van der Waals surface area contributed by atoms with Crippen molar-refractivity contribution in [2.45, 2.75) is 26.6 Å². The number of nitrogens with zero attached hydrogens (tertiary/aromatic N) is 1. The summed E-state index contributed by atoms with van der Waals surface area (Å²) >= 11 is 0. The van der Waals surface area contributed by atoms with Crippen molar-refractivity contribution < 1.29 is 0 Å². The molecule has 0 aliphatic rings. The lowest BCUT2D eigenvalue weighted by Gasteiger charge is -2.34. The smallest absolute Gasteiger partial charge is 0.0498 e. The lowest BCUT2D eigenvalue weighted by Crippen LogP contribution is -2.32. The van der Waals surface area contributed by atoms with E-state index < -0.39 is 0 Å².